The van der Waals surface area contributed by atoms with Gasteiger partial charge in [0.2, 0.25) is 5.88 Å². The molecular formula is C14H14BrNO. The van der Waals surface area contributed by atoms with Gasteiger partial charge in [-0.05, 0) is 60.0 Å². The monoisotopic (exact) mass is 291 g/mol. The van der Waals surface area contributed by atoms with Gasteiger partial charge in [0.05, 0.1) is 5.69 Å². The molecule has 0 fully saturated rings. The van der Waals surface area contributed by atoms with E-state index in [0.717, 1.165) is 21.5 Å². The van der Waals surface area contributed by atoms with Gasteiger partial charge in [-0.25, -0.2) is 4.98 Å². The number of pyridine rings is 1. The van der Waals surface area contributed by atoms with E-state index >= 15 is 0 Å². The number of aromatic nitrogens is 1. The third-order valence-corrected chi connectivity index (χ3v) is 3.60. The number of hydrogen-bond acceptors (Lipinski definition) is 2. The van der Waals surface area contributed by atoms with Crippen molar-refractivity contribution >= 4 is 15.9 Å². The third-order valence-electron chi connectivity index (χ3n) is 2.77. The van der Waals surface area contributed by atoms with Crippen molar-refractivity contribution in [1.29, 1.82) is 0 Å². The maximum Gasteiger partial charge on any atom is 0.219 e. The fraction of sp³-hybridized carbons (Fsp3) is 0.214. The summed E-state index contributed by atoms with van der Waals surface area (Å²) in [7, 11) is 0. The van der Waals surface area contributed by atoms with Crippen molar-refractivity contribution in [2.75, 3.05) is 0 Å². The van der Waals surface area contributed by atoms with Crippen LogP contribution in [0.15, 0.2) is 34.8 Å². The fourth-order valence-corrected chi connectivity index (χ4v) is 1.75. The molecule has 0 unspecified atom stereocenters. The lowest BCUT2D eigenvalue weighted by Gasteiger charge is -2.10. The minimum absolute atomic E-state index is 0.624. The highest BCUT2D eigenvalue weighted by atomic mass is 79.9. The first-order chi connectivity index (χ1) is 8.08. The molecule has 17 heavy (non-hydrogen) atoms. The first kappa shape index (κ1) is 12.1. The van der Waals surface area contributed by atoms with Gasteiger partial charge in [-0.15, -0.1) is 0 Å². The van der Waals surface area contributed by atoms with Crippen molar-refractivity contribution in [3.05, 3.63) is 51.6 Å². The third kappa shape index (κ3) is 2.67. The van der Waals surface area contributed by atoms with Crippen molar-refractivity contribution in [2.24, 2.45) is 0 Å². The molecule has 3 heteroatoms. The summed E-state index contributed by atoms with van der Waals surface area (Å²) >= 11 is 3.42. The number of nitrogens with zero attached hydrogens (tertiary/aromatic N) is 1. The van der Waals surface area contributed by atoms with Gasteiger partial charge >= 0.3 is 0 Å². The molecule has 0 saturated carbocycles. The Kier molecular flexibility index (Phi) is 3.48. The van der Waals surface area contributed by atoms with Gasteiger partial charge in [0.1, 0.15) is 5.75 Å². The van der Waals surface area contributed by atoms with Crippen LogP contribution in [0.1, 0.15) is 16.8 Å². The Morgan fingerprint density at radius 1 is 1.06 bits per heavy atom. The van der Waals surface area contributed by atoms with E-state index in [2.05, 4.69) is 40.8 Å². The number of ether oxygens (including phenoxy) is 1. The lowest BCUT2D eigenvalue weighted by atomic mass is 10.1. The Morgan fingerprint density at radius 3 is 2.53 bits per heavy atom. The minimum Gasteiger partial charge on any atom is -0.439 e. The lowest BCUT2D eigenvalue weighted by Crippen LogP contribution is -1.93. The average Bonchev–Trinajstić information content (AvgIpc) is 2.30. The molecule has 0 bridgehead atoms. The van der Waals surface area contributed by atoms with E-state index in [1.807, 2.05) is 31.2 Å². The Morgan fingerprint density at radius 2 is 1.82 bits per heavy atom. The number of benzene rings is 1. The zero-order valence-electron chi connectivity index (χ0n) is 10.1. The molecule has 0 N–H and O–H groups in total. The normalized spacial score (nSPS) is 10.4. The Bertz CT molecular complexity index is 552. The van der Waals surface area contributed by atoms with Crippen LogP contribution < -0.4 is 4.74 Å². The van der Waals surface area contributed by atoms with E-state index < -0.39 is 0 Å². The summed E-state index contributed by atoms with van der Waals surface area (Å²) in [5.74, 6) is 1.48. The maximum absolute atomic E-state index is 5.79. The first-order valence-corrected chi connectivity index (χ1v) is 6.24. The van der Waals surface area contributed by atoms with E-state index in [1.54, 1.807) is 0 Å². The van der Waals surface area contributed by atoms with Gasteiger partial charge in [0.25, 0.3) is 0 Å². The zero-order chi connectivity index (χ0) is 12.4. The van der Waals surface area contributed by atoms with Gasteiger partial charge < -0.3 is 4.74 Å². The predicted octanol–water partition coefficient (Wildman–Crippen LogP) is 4.56. The van der Waals surface area contributed by atoms with E-state index in [1.165, 1.54) is 5.56 Å². The molecule has 0 saturated heterocycles. The van der Waals surface area contributed by atoms with E-state index in [9.17, 15) is 0 Å². The summed E-state index contributed by atoms with van der Waals surface area (Å²) in [5, 5.41) is 0. The SMILES string of the molecule is Cc1cccc(Oc2ccc(Br)c(C)n2)c1C. The summed E-state index contributed by atoms with van der Waals surface area (Å²) < 4.78 is 6.79. The summed E-state index contributed by atoms with van der Waals surface area (Å²) in [6.07, 6.45) is 0. The number of halogens is 1. The van der Waals surface area contributed by atoms with Crippen molar-refractivity contribution in [3.63, 3.8) is 0 Å². The molecule has 1 heterocycles. The smallest absolute Gasteiger partial charge is 0.219 e. The highest BCUT2D eigenvalue weighted by Crippen LogP contribution is 2.27. The van der Waals surface area contributed by atoms with Crippen LogP contribution in [0.25, 0.3) is 0 Å². The van der Waals surface area contributed by atoms with Crippen LogP contribution in [-0.2, 0) is 0 Å². The highest BCUT2D eigenvalue weighted by Gasteiger charge is 2.05. The summed E-state index contributed by atoms with van der Waals surface area (Å²) in [6.45, 7) is 6.07. The van der Waals surface area contributed by atoms with Crippen molar-refractivity contribution in [3.8, 4) is 11.6 Å². The molecule has 1 aromatic heterocycles. The average molecular weight is 292 g/mol. The standard InChI is InChI=1S/C14H14BrNO/c1-9-5-4-6-13(10(9)2)17-14-8-7-12(15)11(3)16-14/h4-8H,1-3H3. The second-order valence-electron chi connectivity index (χ2n) is 4.02. The molecule has 0 aliphatic carbocycles. The van der Waals surface area contributed by atoms with Gasteiger partial charge in [-0.1, -0.05) is 12.1 Å². The number of aryl methyl sites for hydroxylation is 2. The molecule has 0 aliphatic rings. The van der Waals surface area contributed by atoms with Crippen LogP contribution in [0.2, 0.25) is 0 Å². The Labute approximate surface area is 110 Å². The second-order valence-corrected chi connectivity index (χ2v) is 4.87. The minimum atomic E-state index is 0.624. The first-order valence-electron chi connectivity index (χ1n) is 5.45. The molecule has 0 atom stereocenters. The fourth-order valence-electron chi connectivity index (χ4n) is 1.53. The molecule has 0 amide bonds. The molecule has 0 aliphatic heterocycles. The predicted molar refractivity (Wildman–Crippen MR) is 72.7 cm³/mol. The van der Waals surface area contributed by atoms with Crippen LogP contribution in [0.5, 0.6) is 11.6 Å². The van der Waals surface area contributed by atoms with Crippen LogP contribution in [0.4, 0.5) is 0 Å². The molecule has 2 aromatic rings. The molecule has 88 valence electrons. The summed E-state index contributed by atoms with van der Waals surface area (Å²) in [5.41, 5.74) is 3.29. The molecular weight excluding hydrogens is 278 g/mol. The zero-order valence-corrected chi connectivity index (χ0v) is 11.7. The van der Waals surface area contributed by atoms with Crippen molar-refractivity contribution < 1.29 is 4.74 Å². The molecule has 1 aromatic carbocycles. The van der Waals surface area contributed by atoms with Crippen LogP contribution >= 0.6 is 15.9 Å². The van der Waals surface area contributed by atoms with Gasteiger partial charge in [-0.3, -0.25) is 0 Å². The van der Waals surface area contributed by atoms with Gasteiger partial charge in [0, 0.05) is 10.5 Å². The largest absolute Gasteiger partial charge is 0.439 e. The molecule has 2 nitrogen and oxygen atoms in total. The van der Waals surface area contributed by atoms with E-state index in [-0.39, 0.29) is 0 Å². The van der Waals surface area contributed by atoms with Gasteiger partial charge in [-0.2, -0.15) is 0 Å². The summed E-state index contributed by atoms with van der Waals surface area (Å²) in [6, 6.07) is 9.83. The van der Waals surface area contributed by atoms with Crippen LogP contribution in [0, 0.1) is 20.8 Å². The van der Waals surface area contributed by atoms with Crippen molar-refractivity contribution in [2.45, 2.75) is 20.8 Å². The maximum atomic E-state index is 5.79. The van der Waals surface area contributed by atoms with E-state index in [4.69, 9.17) is 4.74 Å². The number of rotatable bonds is 2. The molecule has 0 radical (unpaired) electrons. The Balaban J connectivity index is 2.31. The number of hydrogen-bond donors (Lipinski definition) is 0. The molecule has 2 rings (SSSR count). The quantitative estimate of drug-likeness (QED) is 0.809. The van der Waals surface area contributed by atoms with E-state index in [0.29, 0.717) is 5.88 Å². The summed E-state index contributed by atoms with van der Waals surface area (Å²) in [4.78, 5) is 4.37. The Hall–Kier alpha value is -1.35. The van der Waals surface area contributed by atoms with Crippen molar-refractivity contribution in [1.82, 2.24) is 4.98 Å². The van der Waals surface area contributed by atoms with Crippen LogP contribution in [0.3, 0.4) is 0 Å². The molecule has 0 spiro atoms. The van der Waals surface area contributed by atoms with Gasteiger partial charge in [0.15, 0.2) is 0 Å². The highest BCUT2D eigenvalue weighted by molar-refractivity contribution is 9.10. The second kappa shape index (κ2) is 4.88. The van der Waals surface area contributed by atoms with Crippen LogP contribution in [-0.4, -0.2) is 4.98 Å². The lowest BCUT2D eigenvalue weighted by molar-refractivity contribution is 0.457. The topological polar surface area (TPSA) is 22.1 Å².